The summed E-state index contributed by atoms with van der Waals surface area (Å²) in [6.45, 7) is 1.88. The molecule has 0 radical (unpaired) electrons. The van der Waals surface area contributed by atoms with Crippen molar-refractivity contribution in [3.8, 4) is 5.75 Å². The first-order chi connectivity index (χ1) is 9.63. The molecule has 5 heteroatoms. The Hall–Kier alpha value is -1.59. The van der Waals surface area contributed by atoms with E-state index in [0.29, 0.717) is 5.82 Å². The average Bonchev–Trinajstić information content (AvgIpc) is 2.43. The second-order valence-corrected chi connectivity index (χ2v) is 5.35. The zero-order valence-corrected chi connectivity index (χ0v) is 13.0. The summed E-state index contributed by atoms with van der Waals surface area (Å²) >= 11 is 3.44. The summed E-state index contributed by atoms with van der Waals surface area (Å²) in [4.78, 5) is 4.41. The number of aliphatic hydroxyl groups is 1. The van der Waals surface area contributed by atoms with Gasteiger partial charge < -0.3 is 15.2 Å². The fourth-order valence-corrected chi connectivity index (χ4v) is 2.60. The van der Waals surface area contributed by atoms with Crippen LogP contribution in [0.15, 0.2) is 40.9 Å². The van der Waals surface area contributed by atoms with E-state index in [0.717, 1.165) is 21.5 Å². The Balaban J connectivity index is 2.28. The number of nitrogens with one attached hydrogen (secondary N) is 1. The Labute approximate surface area is 126 Å². The number of nitrogens with zero attached hydrogens (tertiary/aromatic N) is 1. The van der Waals surface area contributed by atoms with E-state index in [1.54, 1.807) is 7.11 Å². The Morgan fingerprint density at radius 1 is 1.35 bits per heavy atom. The molecule has 0 saturated carbocycles. The lowest BCUT2D eigenvalue weighted by atomic mass is 10.1. The van der Waals surface area contributed by atoms with Crippen molar-refractivity contribution in [3.63, 3.8) is 0 Å². The molecule has 0 aliphatic heterocycles. The molecule has 1 atom stereocenters. The molecule has 1 heterocycles. The molecule has 0 saturated heterocycles. The number of methoxy groups -OCH3 is 1. The largest absolute Gasteiger partial charge is 0.496 e. The van der Waals surface area contributed by atoms with Crippen molar-refractivity contribution < 1.29 is 9.84 Å². The van der Waals surface area contributed by atoms with Crippen molar-refractivity contribution in [3.05, 3.63) is 52.1 Å². The van der Waals surface area contributed by atoms with E-state index >= 15 is 0 Å². The van der Waals surface area contributed by atoms with Gasteiger partial charge in [0.25, 0.3) is 0 Å². The monoisotopic (exact) mass is 336 g/mol. The zero-order chi connectivity index (χ0) is 14.5. The predicted molar refractivity (Wildman–Crippen MR) is 83.1 cm³/mol. The third-order valence-electron chi connectivity index (χ3n) is 2.94. The summed E-state index contributed by atoms with van der Waals surface area (Å²) in [5, 5.41) is 12.9. The molecule has 0 aliphatic rings. The van der Waals surface area contributed by atoms with Gasteiger partial charge in [-0.25, -0.2) is 4.98 Å². The van der Waals surface area contributed by atoms with Gasteiger partial charge in [-0.15, -0.1) is 0 Å². The highest BCUT2D eigenvalue weighted by Gasteiger charge is 2.15. The summed E-state index contributed by atoms with van der Waals surface area (Å²) in [6, 6.07) is 11.2. The molecule has 0 aliphatic carbocycles. The van der Waals surface area contributed by atoms with Gasteiger partial charge in [-0.05, 0) is 25.1 Å². The summed E-state index contributed by atoms with van der Waals surface area (Å²) in [7, 11) is 1.62. The standard InChI is InChI=1S/C15H17BrN2O2/c1-10-7-11(16)8-15(17-10)18-13(9-19)12-5-3-4-6-14(12)20-2/h3-8,13,19H,9H2,1-2H3,(H,17,18). The minimum atomic E-state index is -0.271. The van der Waals surface area contributed by atoms with Gasteiger partial charge in [-0.1, -0.05) is 34.1 Å². The number of halogens is 1. The molecule has 106 valence electrons. The number of pyridine rings is 1. The number of para-hydroxylation sites is 1. The average molecular weight is 337 g/mol. The van der Waals surface area contributed by atoms with Gasteiger partial charge in [-0.3, -0.25) is 0 Å². The van der Waals surface area contributed by atoms with E-state index < -0.39 is 0 Å². The molecule has 1 aromatic carbocycles. The van der Waals surface area contributed by atoms with Crippen LogP contribution < -0.4 is 10.1 Å². The summed E-state index contributed by atoms with van der Waals surface area (Å²) in [5.74, 6) is 1.45. The van der Waals surface area contributed by atoms with Gasteiger partial charge in [0.05, 0.1) is 19.8 Å². The molecule has 2 rings (SSSR count). The Morgan fingerprint density at radius 3 is 2.75 bits per heavy atom. The number of aryl methyl sites for hydroxylation is 1. The summed E-state index contributed by atoms with van der Waals surface area (Å²) in [5.41, 5.74) is 1.80. The van der Waals surface area contributed by atoms with E-state index in [1.807, 2.05) is 43.3 Å². The van der Waals surface area contributed by atoms with Gasteiger partial charge in [-0.2, -0.15) is 0 Å². The van der Waals surface area contributed by atoms with Gasteiger partial charge in [0, 0.05) is 15.7 Å². The fourth-order valence-electron chi connectivity index (χ4n) is 2.05. The second-order valence-electron chi connectivity index (χ2n) is 4.43. The Bertz CT molecular complexity index is 570. The number of aliphatic hydroxyl groups excluding tert-OH is 1. The molecule has 0 amide bonds. The highest BCUT2D eigenvalue weighted by atomic mass is 79.9. The Morgan fingerprint density at radius 2 is 2.10 bits per heavy atom. The predicted octanol–water partition coefficient (Wildman–Crippen LogP) is 3.31. The molecule has 1 unspecified atom stereocenters. The van der Waals surface area contributed by atoms with Crippen molar-refractivity contribution >= 4 is 21.7 Å². The first kappa shape index (κ1) is 14.8. The molecule has 1 aromatic heterocycles. The molecular formula is C15H17BrN2O2. The maximum absolute atomic E-state index is 9.64. The lowest BCUT2D eigenvalue weighted by molar-refractivity contribution is 0.273. The molecule has 2 N–H and O–H groups in total. The molecule has 4 nitrogen and oxygen atoms in total. The number of anilines is 1. The van der Waals surface area contributed by atoms with Crippen molar-refractivity contribution in [2.45, 2.75) is 13.0 Å². The summed E-state index contributed by atoms with van der Waals surface area (Å²) in [6.07, 6.45) is 0. The van der Waals surface area contributed by atoms with E-state index in [-0.39, 0.29) is 12.6 Å². The summed E-state index contributed by atoms with van der Waals surface area (Å²) < 4.78 is 6.28. The molecule has 2 aromatic rings. The van der Waals surface area contributed by atoms with Crippen LogP contribution in [0.4, 0.5) is 5.82 Å². The van der Waals surface area contributed by atoms with Crippen LogP contribution in [-0.2, 0) is 0 Å². The van der Waals surface area contributed by atoms with Crippen LogP contribution in [-0.4, -0.2) is 23.8 Å². The maximum Gasteiger partial charge on any atom is 0.127 e. The molecule has 0 spiro atoms. The van der Waals surface area contributed by atoms with E-state index in [1.165, 1.54) is 0 Å². The van der Waals surface area contributed by atoms with Crippen molar-refractivity contribution in [1.82, 2.24) is 4.98 Å². The lowest BCUT2D eigenvalue weighted by Crippen LogP contribution is -2.16. The normalized spacial score (nSPS) is 12.0. The van der Waals surface area contributed by atoms with Crippen LogP contribution >= 0.6 is 15.9 Å². The Kier molecular flexibility index (Phi) is 4.98. The smallest absolute Gasteiger partial charge is 0.127 e. The SMILES string of the molecule is COc1ccccc1C(CO)Nc1cc(Br)cc(C)n1. The van der Waals surface area contributed by atoms with Crippen molar-refractivity contribution in [1.29, 1.82) is 0 Å². The third kappa shape index (κ3) is 3.49. The first-order valence-corrected chi connectivity index (χ1v) is 7.08. The topological polar surface area (TPSA) is 54.4 Å². The quantitative estimate of drug-likeness (QED) is 0.879. The number of hydrogen-bond acceptors (Lipinski definition) is 4. The lowest BCUT2D eigenvalue weighted by Gasteiger charge is -2.20. The number of ether oxygens (including phenoxy) is 1. The van der Waals surface area contributed by atoms with Crippen LogP contribution in [0.3, 0.4) is 0 Å². The van der Waals surface area contributed by atoms with Gasteiger partial charge in [0.1, 0.15) is 11.6 Å². The molecule has 0 bridgehead atoms. The molecular weight excluding hydrogens is 320 g/mol. The number of aromatic nitrogens is 1. The number of hydrogen-bond donors (Lipinski definition) is 2. The zero-order valence-electron chi connectivity index (χ0n) is 11.4. The fraction of sp³-hybridized carbons (Fsp3) is 0.267. The van der Waals surface area contributed by atoms with Crippen LogP contribution in [0, 0.1) is 6.92 Å². The number of benzene rings is 1. The van der Waals surface area contributed by atoms with Gasteiger partial charge in [0.15, 0.2) is 0 Å². The van der Waals surface area contributed by atoms with Crippen molar-refractivity contribution in [2.24, 2.45) is 0 Å². The molecule has 0 fully saturated rings. The van der Waals surface area contributed by atoms with E-state index in [2.05, 4.69) is 26.2 Å². The van der Waals surface area contributed by atoms with Crippen molar-refractivity contribution in [2.75, 3.05) is 19.0 Å². The second kappa shape index (κ2) is 6.72. The molecule has 20 heavy (non-hydrogen) atoms. The maximum atomic E-state index is 9.64. The van der Waals surface area contributed by atoms with E-state index in [4.69, 9.17) is 4.74 Å². The third-order valence-corrected chi connectivity index (χ3v) is 3.40. The van der Waals surface area contributed by atoms with Crippen LogP contribution in [0.1, 0.15) is 17.3 Å². The highest BCUT2D eigenvalue weighted by Crippen LogP contribution is 2.27. The van der Waals surface area contributed by atoms with Crippen LogP contribution in [0.2, 0.25) is 0 Å². The minimum absolute atomic E-state index is 0.0480. The van der Waals surface area contributed by atoms with Crippen LogP contribution in [0.5, 0.6) is 5.75 Å². The van der Waals surface area contributed by atoms with Gasteiger partial charge in [0.2, 0.25) is 0 Å². The number of rotatable bonds is 5. The van der Waals surface area contributed by atoms with E-state index in [9.17, 15) is 5.11 Å². The highest BCUT2D eigenvalue weighted by molar-refractivity contribution is 9.10. The van der Waals surface area contributed by atoms with Gasteiger partial charge >= 0.3 is 0 Å². The first-order valence-electron chi connectivity index (χ1n) is 6.28. The van der Waals surface area contributed by atoms with Crippen LogP contribution in [0.25, 0.3) is 0 Å². The minimum Gasteiger partial charge on any atom is -0.496 e.